The average molecular weight is 188 g/mol. The Labute approximate surface area is 83.8 Å². The Bertz CT molecular complexity index is 379. The van der Waals surface area contributed by atoms with E-state index in [-0.39, 0.29) is 5.91 Å². The van der Waals surface area contributed by atoms with Gasteiger partial charge in [0.15, 0.2) is 0 Å². The van der Waals surface area contributed by atoms with Gasteiger partial charge in [0.1, 0.15) is 5.69 Å². The summed E-state index contributed by atoms with van der Waals surface area (Å²) < 4.78 is 0. The number of amides is 1. The van der Waals surface area contributed by atoms with Gasteiger partial charge in [-0.05, 0) is 18.6 Å². The van der Waals surface area contributed by atoms with Gasteiger partial charge >= 0.3 is 0 Å². The van der Waals surface area contributed by atoms with Crippen molar-refractivity contribution in [3.8, 4) is 12.3 Å². The van der Waals surface area contributed by atoms with E-state index >= 15 is 0 Å². The molecule has 0 saturated heterocycles. The molecule has 0 fully saturated rings. The van der Waals surface area contributed by atoms with Crippen molar-refractivity contribution < 1.29 is 4.79 Å². The number of aromatic nitrogens is 1. The fourth-order valence-corrected chi connectivity index (χ4v) is 1.10. The Morgan fingerprint density at radius 3 is 3.00 bits per heavy atom. The topological polar surface area (TPSA) is 33.2 Å². The Balaban J connectivity index is 2.91. The van der Waals surface area contributed by atoms with Gasteiger partial charge in [0.05, 0.1) is 6.54 Å². The predicted octanol–water partition coefficient (Wildman–Crippen LogP) is 1.10. The van der Waals surface area contributed by atoms with Crippen molar-refractivity contribution in [1.29, 1.82) is 0 Å². The smallest absolute Gasteiger partial charge is 0.273 e. The van der Waals surface area contributed by atoms with Crippen molar-refractivity contribution in [2.45, 2.75) is 6.92 Å². The van der Waals surface area contributed by atoms with Gasteiger partial charge in [-0.2, -0.15) is 0 Å². The number of nitrogens with zero attached hydrogens (tertiary/aromatic N) is 2. The largest absolute Gasteiger partial charge is 0.329 e. The van der Waals surface area contributed by atoms with E-state index in [0.717, 1.165) is 5.56 Å². The number of aryl methyl sites for hydroxylation is 1. The standard InChI is InChI=1S/C11H12N2O/c1-4-8-13(3)11(14)10-9(2)6-5-7-12-10/h1,5-7H,8H2,2-3H3. The number of hydrogen-bond acceptors (Lipinski definition) is 2. The van der Waals surface area contributed by atoms with E-state index in [1.165, 1.54) is 4.90 Å². The Morgan fingerprint density at radius 2 is 2.43 bits per heavy atom. The van der Waals surface area contributed by atoms with E-state index in [2.05, 4.69) is 10.9 Å². The van der Waals surface area contributed by atoms with Crippen molar-refractivity contribution >= 4 is 5.91 Å². The maximum Gasteiger partial charge on any atom is 0.273 e. The molecule has 0 radical (unpaired) electrons. The summed E-state index contributed by atoms with van der Waals surface area (Å²) in [5.74, 6) is 2.28. The molecule has 0 N–H and O–H groups in total. The van der Waals surface area contributed by atoms with Crippen LogP contribution in [0.5, 0.6) is 0 Å². The maximum absolute atomic E-state index is 11.7. The zero-order chi connectivity index (χ0) is 10.6. The number of rotatable bonds is 2. The fourth-order valence-electron chi connectivity index (χ4n) is 1.10. The van der Waals surface area contributed by atoms with Gasteiger partial charge in [-0.15, -0.1) is 6.42 Å². The van der Waals surface area contributed by atoms with E-state index in [1.807, 2.05) is 13.0 Å². The van der Waals surface area contributed by atoms with Crippen LogP contribution in [-0.4, -0.2) is 29.4 Å². The summed E-state index contributed by atoms with van der Waals surface area (Å²) in [5.41, 5.74) is 1.33. The highest BCUT2D eigenvalue weighted by Gasteiger charge is 2.13. The van der Waals surface area contributed by atoms with Crippen LogP contribution in [-0.2, 0) is 0 Å². The molecule has 3 nitrogen and oxygen atoms in total. The summed E-state index contributed by atoms with van der Waals surface area (Å²) in [6.45, 7) is 2.15. The maximum atomic E-state index is 11.7. The third-order valence-corrected chi connectivity index (χ3v) is 1.89. The molecule has 1 aromatic rings. The van der Waals surface area contributed by atoms with Crippen LogP contribution in [0.1, 0.15) is 16.1 Å². The SMILES string of the molecule is C#CCN(C)C(=O)c1ncccc1C. The Kier molecular flexibility index (Phi) is 3.24. The second kappa shape index (κ2) is 4.43. The number of carbonyl (C=O) groups is 1. The minimum atomic E-state index is -0.138. The molecular weight excluding hydrogens is 176 g/mol. The lowest BCUT2D eigenvalue weighted by molar-refractivity contribution is 0.0806. The summed E-state index contributed by atoms with van der Waals surface area (Å²) in [6, 6.07) is 3.65. The first-order valence-corrected chi connectivity index (χ1v) is 4.27. The zero-order valence-corrected chi connectivity index (χ0v) is 8.32. The van der Waals surface area contributed by atoms with E-state index in [1.54, 1.807) is 19.3 Å². The van der Waals surface area contributed by atoms with Gasteiger partial charge in [0, 0.05) is 13.2 Å². The van der Waals surface area contributed by atoms with Gasteiger partial charge < -0.3 is 4.90 Å². The zero-order valence-electron chi connectivity index (χ0n) is 8.32. The minimum absolute atomic E-state index is 0.138. The molecule has 0 unspecified atom stereocenters. The van der Waals surface area contributed by atoms with E-state index in [0.29, 0.717) is 12.2 Å². The molecule has 0 saturated carbocycles. The Morgan fingerprint density at radius 1 is 1.71 bits per heavy atom. The molecule has 0 atom stereocenters. The van der Waals surface area contributed by atoms with Crippen molar-refractivity contribution in [1.82, 2.24) is 9.88 Å². The first-order valence-electron chi connectivity index (χ1n) is 4.27. The molecule has 72 valence electrons. The van der Waals surface area contributed by atoms with Crippen LogP contribution < -0.4 is 0 Å². The lowest BCUT2D eigenvalue weighted by Crippen LogP contribution is -2.28. The lowest BCUT2D eigenvalue weighted by Gasteiger charge is -2.13. The van der Waals surface area contributed by atoms with E-state index in [9.17, 15) is 4.79 Å². The predicted molar refractivity (Wildman–Crippen MR) is 54.8 cm³/mol. The highest BCUT2D eigenvalue weighted by Crippen LogP contribution is 2.05. The molecule has 0 aliphatic heterocycles. The summed E-state index contributed by atoms with van der Waals surface area (Å²) in [5, 5.41) is 0. The molecule has 0 spiro atoms. The van der Waals surface area contributed by atoms with Crippen LogP contribution in [0.3, 0.4) is 0 Å². The third-order valence-electron chi connectivity index (χ3n) is 1.89. The summed E-state index contributed by atoms with van der Waals surface area (Å²) in [6.07, 6.45) is 6.72. The second-order valence-corrected chi connectivity index (χ2v) is 3.03. The molecule has 1 aromatic heterocycles. The van der Waals surface area contributed by atoms with Gasteiger partial charge in [-0.25, -0.2) is 0 Å². The second-order valence-electron chi connectivity index (χ2n) is 3.03. The van der Waals surface area contributed by atoms with Gasteiger partial charge in [-0.3, -0.25) is 9.78 Å². The average Bonchev–Trinajstić information content (AvgIpc) is 2.18. The van der Waals surface area contributed by atoms with Crippen LogP contribution in [0.4, 0.5) is 0 Å². The molecule has 14 heavy (non-hydrogen) atoms. The molecular formula is C11H12N2O. The van der Waals surface area contributed by atoms with Crippen molar-refractivity contribution in [3.05, 3.63) is 29.6 Å². The molecule has 0 aliphatic carbocycles. The first kappa shape index (κ1) is 10.3. The molecule has 0 aliphatic rings. The molecule has 1 rings (SSSR count). The van der Waals surface area contributed by atoms with Crippen molar-refractivity contribution in [2.75, 3.05) is 13.6 Å². The molecule has 1 amide bonds. The lowest BCUT2D eigenvalue weighted by atomic mass is 10.2. The first-order chi connectivity index (χ1) is 6.66. The van der Waals surface area contributed by atoms with Gasteiger partial charge in [0.2, 0.25) is 0 Å². The molecule has 3 heteroatoms. The highest BCUT2D eigenvalue weighted by molar-refractivity contribution is 5.93. The van der Waals surface area contributed by atoms with E-state index in [4.69, 9.17) is 6.42 Å². The fraction of sp³-hybridized carbons (Fsp3) is 0.273. The Hall–Kier alpha value is -1.82. The van der Waals surface area contributed by atoms with Crippen LogP contribution in [0.25, 0.3) is 0 Å². The normalized spacial score (nSPS) is 9.21. The summed E-state index contributed by atoms with van der Waals surface area (Å²) in [7, 11) is 1.66. The minimum Gasteiger partial charge on any atom is -0.329 e. The monoisotopic (exact) mass is 188 g/mol. The summed E-state index contributed by atoms with van der Waals surface area (Å²) in [4.78, 5) is 17.2. The van der Waals surface area contributed by atoms with Gasteiger partial charge in [0.25, 0.3) is 5.91 Å². The van der Waals surface area contributed by atoms with E-state index < -0.39 is 0 Å². The molecule has 0 bridgehead atoms. The van der Waals surface area contributed by atoms with Gasteiger partial charge in [-0.1, -0.05) is 12.0 Å². The number of terminal acetylenes is 1. The van der Waals surface area contributed by atoms with Crippen LogP contribution in [0.2, 0.25) is 0 Å². The van der Waals surface area contributed by atoms with Crippen molar-refractivity contribution in [2.24, 2.45) is 0 Å². The number of carbonyl (C=O) groups excluding carboxylic acids is 1. The third kappa shape index (κ3) is 2.11. The summed E-state index contributed by atoms with van der Waals surface area (Å²) >= 11 is 0. The number of hydrogen-bond donors (Lipinski definition) is 0. The van der Waals surface area contributed by atoms with Crippen LogP contribution in [0, 0.1) is 19.3 Å². The number of pyridine rings is 1. The van der Waals surface area contributed by atoms with Crippen molar-refractivity contribution in [3.63, 3.8) is 0 Å². The quantitative estimate of drug-likeness (QED) is 0.651. The molecule has 1 heterocycles. The molecule has 0 aromatic carbocycles. The van der Waals surface area contributed by atoms with Crippen LogP contribution >= 0.6 is 0 Å². The highest BCUT2D eigenvalue weighted by atomic mass is 16.2. The van der Waals surface area contributed by atoms with Crippen LogP contribution in [0.15, 0.2) is 18.3 Å².